The van der Waals surface area contributed by atoms with E-state index < -0.39 is 5.82 Å². The van der Waals surface area contributed by atoms with Gasteiger partial charge in [-0.05, 0) is 12.1 Å². The third-order valence-corrected chi connectivity index (χ3v) is 3.08. The Labute approximate surface area is 120 Å². The molecule has 0 radical (unpaired) electrons. The van der Waals surface area contributed by atoms with E-state index in [0.29, 0.717) is 11.5 Å². The van der Waals surface area contributed by atoms with E-state index in [0.717, 1.165) is 10.9 Å². The van der Waals surface area contributed by atoms with Crippen LogP contribution in [0.5, 0.6) is 17.2 Å². The van der Waals surface area contributed by atoms with Gasteiger partial charge in [0.25, 0.3) is 0 Å². The van der Waals surface area contributed by atoms with E-state index >= 15 is 0 Å². The third-order valence-electron chi connectivity index (χ3n) is 3.08. The van der Waals surface area contributed by atoms with E-state index in [9.17, 15) is 4.39 Å². The first-order valence-electron chi connectivity index (χ1n) is 6.33. The van der Waals surface area contributed by atoms with Gasteiger partial charge in [-0.25, -0.2) is 4.39 Å². The number of nitrogens with zero attached hydrogens (tertiary/aromatic N) is 1. The second-order valence-electron chi connectivity index (χ2n) is 4.49. The lowest BCUT2D eigenvalue weighted by Crippen LogP contribution is -1.96. The summed E-state index contributed by atoms with van der Waals surface area (Å²) in [5.74, 6) is 0.291. The van der Waals surface area contributed by atoms with Crippen LogP contribution in [-0.4, -0.2) is 12.1 Å². The van der Waals surface area contributed by atoms with Crippen LogP contribution in [0.15, 0.2) is 48.7 Å². The van der Waals surface area contributed by atoms with Gasteiger partial charge in [0.1, 0.15) is 11.5 Å². The fourth-order valence-electron chi connectivity index (χ4n) is 2.04. The highest BCUT2D eigenvalue weighted by molar-refractivity contribution is 5.79. The molecule has 0 amide bonds. The molecule has 0 bridgehead atoms. The Hall–Kier alpha value is -2.82. The SMILES string of the molecule is COc1cc(Oc2cnc3ccccc3c2)c(F)cc1N. The van der Waals surface area contributed by atoms with Crippen LogP contribution in [0.1, 0.15) is 0 Å². The molecule has 4 nitrogen and oxygen atoms in total. The van der Waals surface area contributed by atoms with Gasteiger partial charge in [0.15, 0.2) is 11.6 Å². The molecule has 1 heterocycles. The number of nitrogens with two attached hydrogens (primary N) is 1. The number of methoxy groups -OCH3 is 1. The van der Waals surface area contributed by atoms with Gasteiger partial charge in [0.2, 0.25) is 0 Å². The van der Waals surface area contributed by atoms with E-state index in [1.165, 1.54) is 19.2 Å². The standard InChI is InChI=1S/C16H13FN2O2/c1-20-16-8-15(12(17)7-13(16)18)21-11-6-10-4-2-3-5-14(10)19-9-11/h2-9H,18H2,1H3. The average molecular weight is 284 g/mol. The minimum Gasteiger partial charge on any atom is -0.494 e. The molecule has 106 valence electrons. The minimum absolute atomic E-state index is 0.0399. The summed E-state index contributed by atoms with van der Waals surface area (Å²) in [6.45, 7) is 0. The van der Waals surface area contributed by atoms with Crippen molar-refractivity contribution in [2.45, 2.75) is 0 Å². The summed E-state index contributed by atoms with van der Waals surface area (Å²) in [5, 5.41) is 0.915. The van der Waals surface area contributed by atoms with Crippen molar-refractivity contribution in [1.29, 1.82) is 0 Å². The number of para-hydroxylation sites is 1. The monoisotopic (exact) mass is 284 g/mol. The molecule has 0 saturated carbocycles. The first kappa shape index (κ1) is 13.2. The van der Waals surface area contributed by atoms with Crippen LogP contribution in [0.25, 0.3) is 10.9 Å². The topological polar surface area (TPSA) is 57.4 Å². The van der Waals surface area contributed by atoms with Gasteiger partial charge >= 0.3 is 0 Å². The number of anilines is 1. The number of halogens is 1. The normalized spacial score (nSPS) is 10.6. The molecule has 2 N–H and O–H groups in total. The predicted octanol–water partition coefficient (Wildman–Crippen LogP) is 3.76. The maximum absolute atomic E-state index is 13.9. The van der Waals surface area contributed by atoms with Crippen LogP contribution in [-0.2, 0) is 0 Å². The highest BCUT2D eigenvalue weighted by atomic mass is 19.1. The Balaban J connectivity index is 1.98. The molecular formula is C16H13FN2O2. The number of fused-ring (bicyclic) bond motifs is 1. The molecule has 0 unspecified atom stereocenters. The van der Waals surface area contributed by atoms with E-state index in [1.807, 2.05) is 24.3 Å². The second kappa shape index (κ2) is 5.28. The van der Waals surface area contributed by atoms with Gasteiger partial charge in [-0.3, -0.25) is 4.98 Å². The average Bonchev–Trinajstić information content (AvgIpc) is 2.50. The zero-order valence-corrected chi connectivity index (χ0v) is 11.3. The van der Waals surface area contributed by atoms with Gasteiger partial charge in [-0.2, -0.15) is 0 Å². The van der Waals surface area contributed by atoms with Crippen molar-refractivity contribution in [3.8, 4) is 17.2 Å². The number of pyridine rings is 1. The predicted molar refractivity (Wildman–Crippen MR) is 79.2 cm³/mol. The molecule has 0 atom stereocenters. The van der Waals surface area contributed by atoms with Gasteiger partial charge in [0.05, 0.1) is 24.5 Å². The summed E-state index contributed by atoms with van der Waals surface area (Å²) in [7, 11) is 1.46. The zero-order chi connectivity index (χ0) is 14.8. The summed E-state index contributed by atoms with van der Waals surface area (Å²) in [6, 6.07) is 12.0. The molecule has 0 saturated heterocycles. The molecule has 3 rings (SSSR count). The smallest absolute Gasteiger partial charge is 0.168 e. The second-order valence-corrected chi connectivity index (χ2v) is 4.49. The highest BCUT2D eigenvalue weighted by Gasteiger charge is 2.11. The first-order chi connectivity index (χ1) is 10.2. The molecule has 2 aromatic carbocycles. The van der Waals surface area contributed by atoms with Crippen LogP contribution in [0, 0.1) is 5.82 Å². The number of ether oxygens (including phenoxy) is 2. The van der Waals surface area contributed by atoms with Crippen molar-refractivity contribution < 1.29 is 13.9 Å². The molecule has 0 aliphatic heterocycles. The van der Waals surface area contributed by atoms with Gasteiger partial charge < -0.3 is 15.2 Å². The summed E-state index contributed by atoms with van der Waals surface area (Å²) in [6.07, 6.45) is 1.55. The fourth-order valence-corrected chi connectivity index (χ4v) is 2.04. The van der Waals surface area contributed by atoms with Crippen molar-refractivity contribution in [3.63, 3.8) is 0 Å². The fraction of sp³-hybridized carbons (Fsp3) is 0.0625. The summed E-state index contributed by atoms with van der Waals surface area (Å²) in [4.78, 5) is 4.26. The molecular weight excluding hydrogens is 271 g/mol. The van der Waals surface area contributed by atoms with E-state index in [2.05, 4.69) is 4.98 Å². The number of hydrogen-bond acceptors (Lipinski definition) is 4. The Morgan fingerprint density at radius 2 is 1.90 bits per heavy atom. The molecule has 0 aliphatic carbocycles. The summed E-state index contributed by atoms with van der Waals surface area (Å²) < 4.78 is 24.5. The van der Waals surface area contributed by atoms with Gasteiger partial charge in [-0.1, -0.05) is 18.2 Å². The number of nitrogen functional groups attached to an aromatic ring is 1. The molecule has 3 aromatic rings. The molecule has 0 aliphatic rings. The number of benzene rings is 2. The van der Waals surface area contributed by atoms with Crippen LogP contribution < -0.4 is 15.2 Å². The summed E-state index contributed by atoms with van der Waals surface area (Å²) >= 11 is 0. The van der Waals surface area contributed by atoms with E-state index in [4.69, 9.17) is 15.2 Å². The largest absolute Gasteiger partial charge is 0.494 e. The van der Waals surface area contributed by atoms with Crippen molar-refractivity contribution in [2.75, 3.05) is 12.8 Å². The van der Waals surface area contributed by atoms with Crippen LogP contribution in [0.2, 0.25) is 0 Å². The Morgan fingerprint density at radius 3 is 2.71 bits per heavy atom. The van der Waals surface area contributed by atoms with Crippen molar-refractivity contribution >= 4 is 16.6 Å². The number of hydrogen-bond donors (Lipinski definition) is 1. The lowest BCUT2D eigenvalue weighted by Gasteiger charge is -2.10. The van der Waals surface area contributed by atoms with Gasteiger partial charge in [0, 0.05) is 17.5 Å². The zero-order valence-electron chi connectivity index (χ0n) is 11.3. The Morgan fingerprint density at radius 1 is 1.10 bits per heavy atom. The van der Waals surface area contributed by atoms with Crippen molar-refractivity contribution in [3.05, 3.63) is 54.5 Å². The molecule has 0 fully saturated rings. The first-order valence-corrected chi connectivity index (χ1v) is 6.33. The molecule has 5 heteroatoms. The van der Waals surface area contributed by atoms with Gasteiger partial charge in [-0.15, -0.1) is 0 Å². The van der Waals surface area contributed by atoms with Crippen LogP contribution >= 0.6 is 0 Å². The van der Waals surface area contributed by atoms with E-state index in [1.54, 1.807) is 12.3 Å². The van der Waals surface area contributed by atoms with E-state index in [-0.39, 0.29) is 11.4 Å². The lowest BCUT2D eigenvalue weighted by atomic mass is 10.2. The maximum Gasteiger partial charge on any atom is 0.168 e. The minimum atomic E-state index is -0.554. The van der Waals surface area contributed by atoms with Crippen molar-refractivity contribution in [1.82, 2.24) is 4.98 Å². The highest BCUT2D eigenvalue weighted by Crippen LogP contribution is 2.33. The quantitative estimate of drug-likeness (QED) is 0.744. The Kier molecular flexibility index (Phi) is 3.31. The maximum atomic E-state index is 13.9. The van der Waals surface area contributed by atoms with Crippen LogP contribution in [0.4, 0.5) is 10.1 Å². The lowest BCUT2D eigenvalue weighted by molar-refractivity contribution is 0.403. The summed E-state index contributed by atoms with van der Waals surface area (Å²) in [5.41, 5.74) is 6.70. The third kappa shape index (κ3) is 2.58. The molecule has 21 heavy (non-hydrogen) atoms. The van der Waals surface area contributed by atoms with Crippen LogP contribution in [0.3, 0.4) is 0 Å². The van der Waals surface area contributed by atoms with Crippen molar-refractivity contribution in [2.24, 2.45) is 0 Å². The Bertz CT molecular complexity index is 805. The number of aromatic nitrogens is 1. The number of rotatable bonds is 3. The molecule has 1 aromatic heterocycles. The molecule has 0 spiro atoms.